The second kappa shape index (κ2) is 5.67. The highest BCUT2D eigenvalue weighted by atomic mass is 32.1. The Morgan fingerprint density at radius 2 is 2.15 bits per heavy atom. The summed E-state index contributed by atoms with van der Waals surface area (Å²) in [6, 6.07) is 8.37. The molecule has 0 radical (unpaired) electrons. The molecule has 1 aromatic carbocycles. The summed E-state index contributed by atoms with van der Waals surface area (Å²) in [6.07, 6.45) is 3.13. The quantitative estimate of drug-likeness (QED) is 0.706. The summed E-state index contributed by atoms with van der Waals surface area (Å²) in [4.78, 5) is 4.63. The summed E-state index contributed by atoms with van der Waals surface area (Å²) in [5.74, 6) is 0.930. The summed E-state index contributed by atoms with van der Waals surface area (Å²) in [7, 11) is 0. The monoisotopic (exact) mass is 286 g/mol. The van der Waals surface area contributed by atoms with E-state index in [0.717, 1.165) is 24.4 Å². The van der Waals surface area contributed by atoms with E-state index in [9.17, 15) is 0 Å². The number of hydrogen-bond donors (Lipinski definition) is 0. The van der Waals surface area contributed by atoms with Crippen molar-refractivity contribution in [3.8, 4) is 5.75 Å². The van der Waals surface area contributed by atoms with Crippen LogP contribution in [0.2, 0.25) is 0 Å². The zero-order valence-electron chi connectivity index (χ0n) is 11.8. The predicted octanol–water partition coefficient (Wildman–Crippen LogP) is 4.11. The van der Waals surface area contributed by atoms with Gasteiger partial charge in [0, 0.05) is 22.5 Å². The van der Waals surface area contributed by atoms with Crippen molar-refractivity contribution in [3.05, 3.63) is 46.5 Å². The Labute approximate surface area is 122 Å². The lowest BCUT2D eigenvalue weighted by Gasteiger charge is -2.05. The van der Waals surface area contributed by atoms with E-state index in [1.807, 2.05) is 13.0 Å². The second-order valence-electron chi connectivity index (χ2n) is 4.68. The summed E-state index contributed by atoms with van der Waals surface area (Å²) in [5.41, 5.74) is 2.36. The number of aromatic nitrogens is 2. The van der Waals surface area contributed by atoms with Crippen LogP contribution in [0.15, 0.2) is 35.8 Å². The van der Waals surface area contributed by atoms with Crippen molar-refractivity contribution in [2.24, 2.45) is 0 Å². The fraction of sp³-hybridized carbons (Fsp3) is 0.312. The van der Waals surface area contributed by atoms with E-state index in [0.29, 0.717) is 6.61 Å². The molecule has 0 N–H and O–H groups in total. The van der Waals surface area contributed by atoms with Crippen LogP contribution >= 0.6 is 11.3 Å². The standard InChI is InChI=1S/C16H18N2OS/c1-3-16-17-13(11-20-16)10-18-8-7-12-9-14(19-4-2)5-6-15(12)18/h5-9,11H,3-4,10H2,1-2H3. The summed E-state index contributed by atoms with van der Waals surface area (Å²) >= 11 is 1.74. The zero-order chi connectivity index (χ0) is 13.9. The molecule has 0 aliphatic heterocycles. The molecule has 0 bridgehead atoms. The topological polar surface area (TPSA) is 27.1 Å². The molecule has 20 heavy (non-hydrogen) atoms. The average Bonchev–Trinajstić information content (AvgIpc) is 3.07. The molecule has 0 atom stereocenters. The van der Waals surface area contributed by atoms with Crippen molar-refractivity contribution in [1.29, 1.82) is 0 Å². The molecule has 104 valence electrons. The second-order valence-corrected chi connectivity index (χ2v) is 5.63. The van der Waals surface area contributed by atoms with Crippen molar-refractivity contribution in [2.45, 2.75) is 26.8 Å². The average molecular weight is 286 g/mol. The van der Waals surface area contributed by atoms with Gasteiger partial charge < -0.3 is 9.30 Å². The van der Waals surface area contributed by atoms with Gasteiger partial charge in [-0.25, -0.2) is 4.98 Å². The van der Waals surface area contributed by atoms with E-state index >= 15 is 0 Å². The molecule has 3 nitrogen and oxygen atoms in total. The maximum atomic E-state index is 5.54. The number of thiazole rings is 1. The Kier molecular flexibility index (Phi) is 3.74. The number of fused-ring (bicyclic) bond motifs is 1. The third-order valence-electron chi connectivity index (χ3n) is 3.29. The molecule has 0 saturated carbocycles. The minimum Gasteiger partial charge on any atom is -0.494 e. The van der Waals surface area contributed by atoms with Crippen LogP contribution in [-0.2, 0) is 13.0 Å². The third-order valence-corrected chi connectivity index (χ3v) is 4.33. The van der Waals surface area contributed by atoms with Gasteiger partial charge in [-0.15, -0.1) is 11.3 Å². The molecule has 0 aliphatic rings. The Morgan fingerprint density at radius 1 is 1.25 bits per heavy atom. The maximum absolute atomic E-state index is 5.54. The van der Waals surface area contributed by atoms with Crippen molar-refractivity contribution < 1.29 is 4.74 Å². The van der Waals surface area contributed by atoms with Gasteiger partial charge in [-0.05, 0) is 37.6 Å². The Balaban J connectivity index is 1.88. The van der Waals surface area contributed by atoms with Gasteiger partial charge in [0.2, 0.25) is 0 Å². The van der Waals surface area contributed by atoms with Crippen molar-refractivity contribution in [2.75, 3.05) is 6.61 Å². The first-order valence-electron chi connectivity index (χ1n) is 6.95. The van der Waals surface area contributed by atoms with E-state index < -0.39 is 0 Å². The molecule has 3 rings (SSSR count). The van der Waals surface area contributed by atoms with Crippen molar-refractivity contribution in [3.63, 3.8) is 0 Å². The lowest BCUT2D eigenvalue weighted by Crippen LogP contribution is -1.98. The normalized spacial score (nSPS) is 11.1. The third kappa shape index (κ3) is 2.56. The minimum atomic E-state index is 0.699. The van der Waals surface area contributed by atoms with Gasteiger partial charge in [0.25, 0.3) is 0 Å². The zero-order valence-corrected chi connectivity index (χ0v) is 12.6. The van der Waals surface area contributed by atoms with Crippen LogP contribution in [0.25, 0.3) is 10.9 Å². The van der Waals surface area contributed by atoms with Crippen LogP contribution < -0.4 is 4.74 Å². The molecule has 3 aromatic rings. The van der Waals surface area contributed by atoms with Crippen LogP contribution in [0.3, 0.4) is 0 Å². The van der Waals surface area contributed by atoms with E-state index in [1.54, 1.807) is 11.3 Å². The molecule has 0 saturated heterocycles. The molecule has 0 spiro atoms. The number of ether oxygens (including phenoxy) is 1. The number of benzene rings is 1. The first-order valence-corrected chi connectivity index (χ1v) is 7.83. The maximum Gasteiger partial charge on any atom is 0.120 e. The first-order chi connectivity index (χ1) is 9.80. The van der Waals surface area contributed by atoms with Gasteiger partial charge in [0.15, 0.2) is 0 Å². The van der Waals surface area contributed by atoms with Crippen molar-refractivity contribution >= 4 is 22.2 Å². The SMILES string of the molecule is CCOc1ccc2c(ccn2Cc2csc(CC)n2)c1. The van der Waals surface area contributed by atoms with Gasteiger partial charge in [-0.2, -0.15) is 0 Å². The number of nitrogens with zero attached hydrogens (tertiary/aromatic N) is 2. The van der Waals surface area contributed by atoms with E-state index in [1.165, 1.54) is 15.9 Å². The lowest BCUT2D eigenvalue weighted by atomic mass is 10.2. The minimum absolute atomic E-state index is 0.699. The predicted molar refractivity (Wildman–Crippen MR) is 83.7 cm³/mol. The number of hydrogen-bond acceptors (Lipinski definition) is 3. The molecule has 4 heteroatoms. The Hall–Kier alpha value is -1.81. The molecule has 0 unspecified atom stereocenters. The molecule has 0 amide bonds. The summed E-state index contributed by atoms with van der Waals surface area (Å²) in [6.45, 7) is 5.67. The van der Waals surface area contributed by atoms with Crippen LogP contribution in [0.1, 0.15) is 24.5 Å². The molecular formula is C16H18N2OS. The Morgan fingerprint density at radius 3 is 2.90 bits per heavy atom. The molecule has 0 fully saturated rings. The van der Waals surface area contributed by atoms with Crippen LogP contribution in [0.4, 0.5) is 0 Å². The van der Waals surface area contributed by atoms with Gasteiger partial charge in [-0.1, -0.05) is 6.92 Å². The summed E-state index contributed by atoms with van der Waals surface area (Å²) < 4.78 is 7.78. The van der Waals surface area contributed by atoms with Crippen LogP contribution in [0.5, 0.6) is 5.75 Å². The van der Waals surface area contributed by atoms with E-state index in [4.69, 9.17) is 4.74 Å². The Bertz CT molecular complexity index is 714. The number of aryl methyl sites for hydroxylation is 1. The molecule has 2 heterocycles. The fourth-order valence-electron chi connectivity index (χ4n) is 2.33. The van der Waals surface area contributed by atoms with Gasteiger partial charge >= 0.3 is 0 Å². The highest BCUT2D eigenvalue weighted by molar-refractivity contribution is 7.09. The largest absolute Gasteiger partial charge is 0.494 e. The summed E-state index contributed by atoms with van der Waals surface area (Å²) in [5, 5.41) is 4.57. The van der Waals surface area contributed by atoms with Gasteiger partial charge in [0.05, 0.1) is 23.9 Å². The molecule has 2 aromatic heterocycles. The lowest BCUT2D eigenvalue weighted by molar-refractivity contribution is 0.340. The smallest absolute Gasteiger partial charge is 0.120 e. The number of rotatable bonds is 5. The first kappa shape index (κ1) is 13.2. The molecule has 0 aliphatic carbocycles. The van der Waals surface area contributed by atoms with Crippen LogP contribution in [-0.4, -0.2) is 16.2 Å². The van der Waals surface area contributed by atoms with E-state index in [2.05, 4.69) is 46.3 Å². The molecular weight excluding hydrogens is 268 g/mol. The van der Waals surface area contributed by atoms with Crippen molar-refractivity contribution in [1.82, 2.24) is 9.55 Å². The highest BCUT2D eigenvalue weighted by Crippen LogP contribution is 2.23. The van der Waals surface area contributed by atoms with Gasteiger partial charge in [-0.3, -0.25) is 0 Å². The highest BCUT2D eigenvalue weighted by Gasteiger charge is 2.06. The van der Waals surface area contributed by atoms with E-state index in [-0.39, 0.29) is 0 Å². The van der Waals surface area contributed by atoms with Gasteiger partial charge in [0.1, 0.15) is 5.75 Å². The van der Waals surface area contributed by atoms with Crippen LogP contribution in [0, 0.1) is 0 Å². The fourth-order valence-corrected chi connectivity index (χ4v) is 3.07.